The zero-order valence-electron chi connectivity index (χ0n) is 12.3. The van der Waals surface area contributed by atoms with Gasteiger partial charge in [-0.3, -0.25) is 0 Å². The third-order valence-electron chi connectivity index (χ3n) is 3.60. The van der Waals surface area contributed by atoms with E-state index in [4.69, 9.17) is 0 Å². The van der Waals surface area contributed by atoms with Crippen LogP contribution >= 0.6 is 0 Å². The fourth-order valence-corrected chi connectivity index (χ4v) is 2.65. The van der Waals surface area contributed by atoms with Gasteiger partial charge in [0, 0.05) is 12.1 Å². The lowest BCUT2D eigenvalue weighted by Crippen LogP contribution is -2.43. The highest BCUT2D eigenvalue weighted by molar-refractivity contribution is 4.77. The molecule has 0 aliphatic carbocycles. The minimum absolute atomic E-state index is 0.838. The van der Waals surface area contributed by atoms with Gasteiger partial charge >= 0.3 is 0 Å². The summed E-state index contributed by atoms with van der Waals surface area (Å²) in [5.74, 6) is 1.73. The van der Waals surface area contributed by atoms with Gasteiger partial charge in [-0.2, -0.15) is 0 Å². The average molecular weight is 240 g/mol. The van der Waals surface area contributed by atoms with Gasteiger partial charge in [0.2, 0.25) is 0 Å². The molecule has 2 saturated heterocycles. The number of nitrogens with one attached hydrogen (secondary N) is 2. The van der Waals surface area contributed by atoms with Crippen LogP contribution in [0.3, 0.4) is 0 Å². The van der Waals surface area contributed by atoms with Crippen molar-refractivity contribution in [3.8, 4) is 0 Å². The minimum Gasteiger partial charge on any atom is -0.314 e. The van der Waals surface area contributed by atoms with Crippen LogP contribution in [0, 0.1) is 11.8 Å². The monoisotopic (exact) mass is 240 g/mol. The smallest absolute Gasteiger partial charge is 0.00815 e. The molecule has 2 aliphatic heterocycles. The van der Waals surface area contributed by atoms with E-state index in [0.717, 1.165) is 23.9 Å². The van der Waals surface area contributed by atoms with Crippen LogP contribution < -0.4 is 10.6 Å². The van der Waals surface area contributed by atoms with Gasteiger partial charge in [-0.1, -0.05) is 27.7 Å². The molecule has 2 unspecified atom stereocenters. The highest BCUT2D eigenvalue weighted by Crippen LogP contribution is 2.13. The van der Waals surface area contributed by atoms with Gasteiger partial charge in [0.25, 0.3) is 0 Å². The molecule has 2 heterocycles. The van der Waals surface area contributed by atoms with Crippen molar-refractivity contribution in [3.05, 3.63) is 0 Å². The van der Waals surface area contributed by atoms with E-state index in [1.807, 2.05) is 0 Å². The third kappa shape index (κ3) is 7.05. The van der Waals surface area contributed by atoms with E-state index in [0.29, 0.717) is 0 Å². The summed E-state index contributed by atoms with van der Waals surface area (Å²) in [4.78, 5) is 0. The average Bonchev–Trinajstić information content (AvgIpc) is 2.64. The van der Waals surface area contributed by atoms with Crippen molar-refractivity contribution in [3.63, 3.8) is 0 Å². The van der Waals surface area contributed by atoms with Crippen molar-refractivity contribution < 1.29 is 0 Å². The van der Waals surface area contributed by atoms with Crippen LogP contribution in [-0.2, 0) is 0 Å². The van der Waals surface area contributed by atoms with Gasteiger partial charge in [0.1, 0.15) is 0 Å². The molecule has 2 fully saturated rings. The molecule has 2 N–H and O–H groups in total. The normalized spacial score (nSPS) is 27.9. The maximum atomic E-state index is 3.49. The van der Waals surface area contributed by atoms with Crippen molar-refractivity contribution >= 4 is 0 Å². The quantitative estimate of drug-likeness (QED) is 0.788. The van der Waals surface area contributed by atoms with Gasteiger partial charge in [0.05, 0.1) is 0 Å². The fourth-order valence-electron chi connectivity index (χ4n) is 2.65. The van der Waals surface area contributed by atoms with Crippen LogP contribution in [0.4, 0.5) is 0 Å². The van der Waals surface area contributed by atoms with Crippen molar-refractivity contribution in [1.29, 1.82) is 0 Å². The summed E-state index contributed by atoms with van der Waals surface area (Å²) < 4.78 is 0. The molecule has 2 atom stereocenters. The van der Waals surface area contributed by atoms with Gasteiger partial charge in [0.15, 0.2) is 0 Å². The Kier molecular flexibility index (Phi) is 7.14. The van der Waals surface area contributed by atoms with Gasteiger partial charge < -0.3 is 10.6 Å². The predicted octanol–water partition coefficient (Wildman–Crippen LogP) is 3.18. The largest absolute Gasteiger partial charge is 0.314 e. The van der Waals surface area contributed by atoms with Gasteiger partial charge in [-0.05, 0) is 57.0 Å². The van der Waals surface area contributed by atoms with Crippen LogP contribution in [0.2, 0.25) is 0 Å². The summed E-state index contributed by atoms with van der Waals surface area (Å²) in [5.41, 5.74) is 0. The van der Waals surface area contributed by atoms with E-state index < -0.39 is 0 Å². The Labute approximate surface area is 108 Å². The zero-order valence-corrected chi connectivity index (χ0v) is 12.3. The lowest BCUT2D eigenvalue weighted by Gasteiger charge is -2.28. The second-order valence-electron chi connectivity index (χ2n) is 6.49. The van der Waals surface area contributed by atoms with Crippen LogP contribution in [0.5, 0.6) is 0 Å². The van der Waals surface area contributed by atoms with Gasteiger partial charge in [-0.15, -0.1) is 0 Å². The zero-order chi connectivity index (χ0) is 12.7. The molecular formula is C15H32N2. The summed E-state index contributed by atoms with van der Waals surface area (Å²) >= 11 is 0. The third-order valence-corrected chi connectivity index (χ3v) is 3.60. The van der Waals surface area contributed by atoms with E-state index in [1.165, 1.54) is 45.2 Å². The molecule has 2 nitrogen and oxygen atoms in total. The SMILES string of the molecule is CC(C)CC1CCCN1.CC(C)CC1CCN1. The van der Waals surface area contributed by atoms with Crippen LogP contribution in [0.25, 0.3) is 0 Å². The Morgan fingerprint density at radius 1 is 0.824 bits per heavy atom. The molecule has 2 rings (SSSR count). The molecule has 0 spiro atoms. The van der Waals surface area contributed by atoms with Crippen LogP contribution in [0.15, 0.2) is 0 Å². The highest BCUT2D eigenvalue weighted by Gasteiger charge is 2.16. The van der Waals surface area contributed by atoms with E-state index in [1.54, 1.807) is 0 Å². The van der Waals surface area contributed by atoms with Crippen molar-refractivity contribution in [2.45, 2.75) is 71.9 Å². The number of hydrogen-bond donors (Lipinski definition) is 2. The first kappa shape index (κ1) is 15.0. The van der Waals surface area contributed by atoms with Crippen LogP contribution in [0.1, 0.15) is 59.8 Å². The maximum Gasteiger partial charge on any atom is 0.00815 e. The summed E-state index contributed by atoms with van der Waals surface area (Å²) in [5, 5.41) is 6.86. The Morgan fingerprint density at radius 3 is 1.65 bits per heavy atom. The molecular weight excluding hydrogens is 208 g/mol. The first-order valence-corrected chi connectivity index (χ1v) is 7.54. The first-order valence-electron chi connectivity index (χ1n) is 7.54. The number of hydrogen-bond acceptors (Lipinski definition) is 2. The summed E-state index contributed by atoms with van der Waals surface area (Å²) in [6, 6.07) is 1.69. The second-order valence-corrected chi connectivity index (χ2v) is 6.49. The Balaban J connectivity index is 0.000000171. The van der Waals surface area contributed by atoms with Crippen molar-refractivity contribution in [1.82, 2.24) is 10.6 Å². The number of rotatable bonds is 4. The maximum absolute atomic E-state index is 3.49. The predicted molar refractivity (Wildman–Crippen MR) is 76.3 cm³/mol. The van der Waals surface area contributed by atoms with Crippen molar-refractivity contribution in [2.75, 3.05) is 13.1 Å². The molecule has 17 heavy (non-hydrogen) atoms. The van der Waals surface area contributed by atoms with Crippen LogP contribution in [-0.4, -0.2) is 25.2 Å². The molecule has 0 saturated carbocycles. The fraction of sp³-hybridized carbons (Fsp3) is 1.00. The molecule has 0 aromatic carbocycles. The summed E-state index contributed by atoms with van der Waals surface area (Å²) in [6.07, 6.45) is 6.91. The Hall–Kier alpha value is -0.0800. The standard InChI is InChI=1S/C8H17N.C7H15N/c1-7(2)6-8-4-3-5-9-8;1-6(2)5-7-3-4-8-7/h7-9H,3-6H2,1-2H3;6-8H,3-5H2,1-2H3. The lowest BCUT2D eigenvalue weighted by atomic mass is 9.96. The molecule has 102 valence electrons. The van der Waals surface area contributed by atoms with Crippen molar-refractivity contribution in [2.24, 2.45) is 11.8 Å². The summed E-state index contributed by atoms with van der Waals surface area (Å²) in [7, 11) is 0. The first-order chi connectivity index (χ1) is 8.08. The molecule has 2 aliphatic rings. The second kappa shape index (κ2) is 8.10. The van der Waals surface area contributed by atoms with E-state index in [-0.39, 0.29) is 0 Å². The molecule has 0 radical (unpaired) electrons. The lowest BCUT2D eigenvalue weighted by molar-refractivity contribution is 0.316. The topological polar surface area (TPSA) is 24.1 Å². The molecule has 0 aromatic rings. The molecule has 2 heteroatoms. The minimum atomic E-state index is 0.838. The Bertz CT molecular complexity index is 179. The molecule has 0 bridgehead atoms. The van der Waals surface area contributed by atoms with Gasteiger partial charge in [-0.25, -0.2) is 0 Å². The molecule has 0 aromatic heterocycles. The summed E-state index contributed by atoms with van der Waals surface area (Å²) in [6.45, 7) is 11.6. The van der Waals surface area contributed by atoms with E-state index in [2.05, 4.69) is 38.3 Å². The van der Waals surface area contributed by atoms with E-state index in [9.17, 15) is 0 Å². The Morgan fingerprint density at radius 2 is 1.35 bits per heavy atom. The van der Waals surface area contributed by atoms with E-state index >= 15 is 0 Å². The highest BCUT2D eigenvalue weighted by atomic mass is 15.0. The molecule has 0 amide bonds.